The van der Waals surface area contributed by atoms with Crippen LogP contribution in [0.5, 0.6) is 11.5 Å². The van der Waals surface area contributed by atoms with E-state index in [0.717, 1.165) is 11.1 Å². The molecule has 31 heavy (non-hydrogen) atoms. The van der Waals surface area contributed by atoms with Crippen LogP contribution < -0.4 is 14.9 Å². The molecule has 3 aromatic carbocycles. The van der Waals surface area contributed by atoms with Crippen LogP contribution >= 0.6 is 0 Å². The molecule has 5 nitrogen and oxygen atoms in total. The highest BCUT2D eigenvalue weighted by Gasteiger charge is 2.07. The van der Waals surface area contributed by atoms with Crippen LogP contribution in [0.3, 0.4) is 0 Å². The Bertz CT molecular complexity index is 1050. The molecule has 0 aliphatic heterocycles. The van der Waals surface area contributed by atoms with E-state index in [1.807, 2.05) is 50.2 Å². The van der Waals surface area contributed by atoms with E-state index in [1.54, 1.807) is 12.1 Å². The van der Waals surface area contributed by atoms with Gasteiger partial charge in [-0.3, -0.25) is 4.79 Å². The van der Waals surface area contributed by atoms with Crippen molar-refractivity contribution in [2.45, 2.75) is 26.9 Å². The maximum absolute atomic E-state index is 12.9. The SMILES string of the molecule is CCOc1cc(/C=N/NC(=O)Cc2ccc(F)cc2)ccc1OCc1cccc(C)c1. The predicted octanol–water partition coefficient (Wildman–Crippen LogP) is 4.80. The summed E-state index contributed by atoms with van der Waals surface area (Å²) in [6.07, 6.45) is 1.66. The van der Waals surface area contributed by atoms with Crippen LogP contribution in [0.2, 0.25) is 0 Å². The van der Waals surface area contributed by atoms with Gasteiger partial charge in [0.05, 0.1) is 19.2 Å². The first-order chi connectivity index (χ1) is 15.0. The van der Waals surface area contributed by atoms with Crippen molar-refractivity contribution in [3.63, 3.8) is 0 Å². The van der Waals surface area contributed by atoms with Gasteiger partial charge in [0.15, 0.2) is 11.5 Å². The number of hydrazone groups is 1. The zero-order valence-corrected chi connectivity index (χ0v) is 17.6. The molecule has 0 radical (unpaired) electrons. The smallest absolute Gasteiger partial charge is 0.244 e. The summed E-state index contributed by atoms with van der Waals surface area (Å²) < 4.78 is 24.6. The summed E-state index contributed by atoms with van der Waals surface area (Å²) >= 11 is 0. The van der Waals surface area contributed by atoms with Crippen molar-refractivity contribution in [2.75, 3.05) is 6.61 Å². The molecular weight excluding hydrogens is 395 g/mol. The molecular formula is C25H25FN2O3. The maximum atomic E-state index is 12.9. The highest BCUT2D eigenvalue weighted by atomic mass is 19.1. The van der Waals surface area contributed by atoms with Crippen molar-refractivity contribution in [3.05, 3.63) is 94.8 Å². The highest BCUT2D eigenvalue weighted by Crippen LogP contribution is 2.29. The number of amides is 1. The molecule has 0 saturated heterocycles. The third kappa shape index (κ3) is 6.96. The standard InChI is InChI=1S/C25H25FN2O3/c1-3-30-24-14-20(9-12-23(24)31-17-21-6-4-5-18(2)13-21)16-27-28-25(29)15-19-7-10-22(26)11-8-19/h4-14,16H,3,15,17H2,1-2H3,(H,28,29)/b27-16+. The fourth-order valence-corrected chi connectivity index (χ4v) is 2.96. The average molecular weight is 420 g/mol. The quantitative estimate of drug-likeness (QED) is 0.399. The van der Waals surface area contributed by atoms with Crippen molar-refractivity contribution in [3.8, 4) is 11.5 Å². The minimum Gasteiger partial charge on any atom is -0.490 e. The summed E-state index contributed by atoms with van der Waals surface area (Å²) in [5.74, 6) is 0.627. The summed E-state index contributed by atoms with van der Waals surface area (Å²) in [5.41, 5.74) is 6.21. The summed E-state index contributed by atoms with van der Waals surface area (Å²) in [6.45, 7) is 4.88. The number of hydrogen-bond donors (Lipinski definition) is 1. The number of benzene rings is 3. The maximum Gasteiger partial charge on any atom is 0.244 e. The molecule has 0 aliphatic rings. The Labute approximate surface area is 181 Å². The van der Waals surface area contributed by atoms with E-state index in [0.29, 0.717) is 30.3 Å². The molecule has 160 valence electrons. The van der Waals surface area contributed by atoms with Gasteiger partial charge >= 0.3 is 0 Å². The molecule has 1 amide bonds. The zero-order chi connectivity index (χ0) is 22.1. The summed E-state index contributed by atoms with van der Waals surface area (Å²) in [4.78, 5) is 12.0. The molecule has 0 heterocycles. The molecule has 1 N–H and O–H groups in total. The second-order valence-corrected chi connectivity index (χ2v) is 7.01. The third-order valence-corrected chi connectivity index (χ3v) is 4.43. The molecule has 6 heteroatoms. The van der Waals surface area contributed by atoms with Gasteiger partial charge in [-0.25, -0.2) is 9.82 Å². The lowest BCUT2D eigenvalue weighted by Gasteiger charge is -2.13. The van der Waals surface area contributed by atoms with E-state index >= 15 is 0 Å². The fourth-order valence-electron chi connectivity index (χ4n) is 2.96. The van der Waals surface area contributed by atoms with Crippen molar-refractivity contribution in [1.82, 2.24) is 5.43 Å². The van der Waals surface area contributed by atoms with Crippen LogP contribution in [0.15, 0.2) is 71.8 Å². The van der Waals surface area contributed by atoms with Gasteiger partial charge in [-0.05, 0) is 60.9 Å². The van der Waals surface area contributed by atoms with Gasteiger partial charge in [-0.2, -0.15) is 5.10 Å². The lowest BCUT2D eigenvalue weighted by Crippen LogP contribution is -2.19. The van der Waals surface area contributed by atoms with Crippen LogP contribution in [0.1, 0.15) is 29.2 Å². The van der Waals surface area contributed by atoms with Crippen LogP contribution in [0, 0.1) is 12.7 Å². The molecule has 0 fully saturated rings. The van der Waals surface area contributed by atoms with Crippen LogP contribution in [0.4, 0.5) is 4.39 Å². The van der Waals surface area contributed by atoms with E-state index < -0.39 is 0 Å². The Kier molecular flexibility index (Phi) is 7.76. The van der Waals surface area contributed by atoms with Gasteiger partial charge in [0.25, 0.3) is 0 Å². The molecule has 0 aliphatic carbocycles. The summed E-state index contributed by atoms with van der Waals surface area (Å²) in [5, 5.41) is 3.99. The number of nitrogens with one attached hydrogen (secondary N) is 1. The highest BCUT2D eigenvalue weighted by molar-refractivity contribution is 5.84. The summed E-state index contributed by atoms with van der Waals surface area (Å²) in [7, 11) is 0. The number of nitrogens with zero attached hydrogens (tertiary/aromatic N) is 1. The zero-order valence-electron chi connectivity index (χ0n) is 17.6. The Morgan fingerprint density at radius 2 is 1.81 bits per heavy atom. The Morgan fingerprint density at radius 3 is 2.55 bits per heavy atom. The fraction of sp³-hybridized carbons (Fsp3) is 0.200. The molecule has 3 rings (SSSR count). The van der Waals surface area contributed by atoms with Crippen molar-refractivity contribution in [1.29, 1.82) is 0 Å². The summed E-state index contributed by atoms with van der Waals surface area (Å²) in [6, 6.07) is 19.4. The number of carbonyl (C=O) groups excluding carboxylic acids is 1. The molecule has 0 bridgehead atoms. The molecule has 0 atom stereocenters. The Hall–Kier alpha value is -3.67. The van der Waals surface area contributed by atoms with E-state index in [1.165, 1.54) is 23.9 Å². The third-order valence-electron chi connectivity index (χ3n) is 4.43. The van der Waals surface area contributed by atoms with Crippen LogP contribution in [-0.4, -0.2) is 18.7 Å². The second kappa shape index (κ2) is 10.9. The van der Waals surface area contributed by atoms with Crippen molar-refractivity contribution >= 4 is 12.1 Å². The molecule has 3 aromatic rings. The number of halogens is 1. The Balaban J connectivity index is 1.60. The molecule has 0 saturated carbocycles. The Morgan fingerprint density at radius 1 is 1.00 bits per heavy atom. The number of rotatable bonds is 9. The topological polar surface area (TPSA) is 59.9 Å². The first-order valence-electron chi connectivity index (χ1n) is 10.0. The molecule has 0 unspecified atom stereocenters. The van der Waals surface area contributed by atoms with Gasteiger partial charge in [-0.15, -0.1) is 0 Å². The number of aryl methyl sites for hydroxylation is 1. The first kappa shape index (κ1) is 22.0. The van der Waals surface area contributed by atoms with E-state index in [9.17, 15) is 9.18 Å². The second-order valence-electron chi connectivity index (χ2n) is 7.01. The first-order valence-corrected chi connectivity index (χ1v) is 10.0. The van der Waals surface area contributed by atoms with Crippen LogP contribution in [0.25, 0.3) is 0 Å². The minimum absolute atomic E-state index is 0.119. The van der Waals surface area contributed by atoms with Gasteiger partial charge < -0.3 is 9.47 Å². The molecule has 0 aromatic heterocycles. The van der Waals surface area contributed by atoms with Crippen molar-refractivity contribution < 1.29 is 18.7 Å². The van der Waals surface area contributed by atoms with Crippen LogP contribution in [-0.2, 0) is 17.8 Å². The monoisotopic (exact) mass is 420 g/mol. The number of ether oxygens (including phenoxy) is 2. The minimum atomic E-state index is -0.335. The van der Waals surface area contributed by atoms with Gasteiger partial charge in [0.1, 0.15) is 12.4 Å². The normalized spacial score (nSPS) is 10.8. The largest absolute Gasteiger partial charge is 0.490 e. The van der Waals surface area contributed by atoms with Gasteiger partial charge in [-0.1, -0.05) is 42.0 Å². The van der Waals surface area contributed by atoms with Crippen molar-refractivity contribution in [2.24, 2.45) is 5.10 Å². The van der Waals surface area contributed by atoms with E-state index in [2.05, 4.69) is 16.6 Å². The average Bonchev–Trinajstić information content (AvgIpc) is 2.75. The predicted molar refractivity (Wildman–Crippen MR) is 119 cm³/mol. The van der Waals surface area contributed by atoms with Gasteiger partial charge in [0, 0.05) is 0 Å². The van der Waals surface area contributed by atoms with E-state index in [-0.39, 0.29) is 18.1 Å². The number of hydrogen-bond acceptors (Lipinski definition) is 4. The lowest BCUT2D eigenvalue weighted by atomic mass is 10.1. The van der Waals surface area contributed by atoms with E-state index in [4.69, 9.17) is 9.47 Å². The van der Waals surface area contributed by atoms with Gasteiger partial charge in [0.2, 0.25) is 5.91 Å². The number of carbonyl (C=O) groups is 1. The lowest BCUT2D eigenvalue weighted by molar-refractivity contribution is -0.120. The molecule has 0 spiro atoms.